The summed E-state index contributed by atoms with van der Waals surface area (Å²) in [6.45, 7) is 0.952. The minimum atomic E-state index is -4.20. The van der Waals surface area contributed by atoms with Gasteiger partial charge in [0.05, 0.1) is 51.4 Å². The van der Waals surface area contributed by atoms with E-state index in [-0.39, 0.29) is 42.0 Å². The van der Waals surface area contributed by atoms with Crippen molar-refractivity contribution in [3.8, 4) is 11.5 Å². The van der Waals surface area contributed by atoms with Crippen molar-refractivity contribution in [2.45, 2.75) is 44.6 Å². The Bertz CT molecular complexity index is 1380. The number of nitrogens with zero attached hydrogens (tertiary/aromatic N) is 1. The van der Waals surface area contributed by atoms with Crippen molar-refractivity contribution in [1.82, 2.24) is 4.31 Å². The molecule has 3 aromatic rings. The number of methoxy groups -OCH3 is 2. The minimum absolute atomic E-state index is 0.0783. The lowest BCUT2D eigenvalue weighted by Crippen LogP contribution is -2.51. The van der Waals surface area contributed by atoms with Crippen LogP contribution in [0.15, 0.2) is 72.8 Å². The summed E-state index contributed by atoms with van der Waals surface area (Å²) in [5.74, 6) is -0.192. The predicted octanol–water partition coefficient (Wildman–Crippen LogP) is 5.21. The molecule has 4 rings (SSSR count). The molecule has 1 atom stereocenters. The fraction of sp³-hybridized carbons (Fsp3) is 0.387. The van der Waals surface area contributed by atoms with Gasteiger partial charge in [0.15, 0.2) is 0 Å². The Morgan fingerprint density at radius 2 is 1.49 bits per heavy atom. The molecule has 10 nitrogen and oxygen atoms in total. The third-order valence-corrected chi connectivity index (χ3v) is 8.69. The molecule has 0 radical (unpaired) electrons. The van der Waals surface area contributed by atoms with Gasteiger partial charge in [0.2, 0.25) is 0 Å². The Kier molecular flexibility index (Phi) is 12.1. The molecule has 0 bridgehead atoms. The number of esters is 1. The van der Waals surface area contributed by atoms with Gasteiger partial charge in [-0.1, -0.05) is 72.3 Å². The molecule has 0 amide bonds. The highest BCUT2D eigenvalue weighted by molar-refractivity contribution is 7.90. The molecule has 1 fully saturated rings. The van der Waals surface area contributed by atoms with Gasteiger partial charge in [-0.25, -0.2) is 0 Å². The molecule has 43 heavy (non-hydrogen) atoms. The van der Waals surface area contributed by atoms with Crippen LogP contribution in [0, 0.1) is 0 Å². The molecule has 1 N–H and O–H groups in total. The van der Waals surface area contributed by atoms with Gasteiger partial charge in [-0.15, -0.1) is 0 Å². The number of carbonyl (C=O) groups is 1. The number of piperidine rings is 1. The first-order valence-electron chi connectivity index (χ1n) is 14.0. The van der Waals surface area contributed by atoms with Gasteiger partial charge in [-0.2, -0.15) is 12.7 Å². The van der Waals surface area contributed by atoms with Crippen molar-refractivity contribution in [3.63, 3.8) is 0 Å². The van der Waals surface area contributed by atoms with Gasteiger partial charge in [0.1, 0.15) is 23.6 Å². The Morgan fingerprint density at radius 3 is 2.05 bits per heavy atom. The number of carbonyl (C=O) groups excluding carboxylic acids is 1. The molecule has 1 saturated heterocycles. The number of hydrogen-bond donors (Lipinski definition) is 1. The molecule has 0 saturated carbocycles. The van der Waals surface area contributed by atoms with Crippen molar-refractivity contribution in [2.24, 2.45) is 0 Å². The maximum atomic E-state index is 13.6. The summed E-state index contributed by atoms with van der Waals surface area (Å²) in [5.41, 5.74) is 2.08. The van der Waals surface area contributed by atoms with Crippen LogP contribution >= 0.6 is 11.6 Å². The SMILES string of the molecule is COc1cc(NS(=O)(=O)N2CCCC[C@H]2C(=O)OC(COCc2ccccc2)COCc2ccccc2)c(OC)cc1Cl. The van der Waals surface area contributed by atoms with Gasteiger partial charge >= 0.3 is 16.2 Å². The fourth-order valence-electron chi connectivity index (χ4n) is 4.69. The van der Waals surface area contributed by atoms with E-state index in [2.05, 4.69) is 4.72 Å². The quantitative estimate of drug-likeness (QED) is 0.227. The number of rotatable bonds is 15. The van der Waals surface area contributed by atoms with E-state index in [1.807, 2.05) is 60.7 Å². The van der Waals surface area contributed by atoms with Crippen molar-refractivity contribution in [2.75, 3.05) is 38.7 Å². The summed E-state index contributed by atoms with van der Waals surface area (Å²) in [6.07, 6.45) is 0.822. The number of halogens is 1. The summed E-state index contributed by atoms with van der Waals surface area (Å²) in [5, 5.41) is 0.261. The van der Waals surface area contributed by atoms with Crippen molar-refractivity contribution >= 4 is 33.5 Å². The molecular formula is C31H37ClN2O8S. The summed E-state index contributed by atoms with van der Waals surface area (Å²) in [4.78, 5) is 13.5. The Balaban J connectivity index is 1.46. The maximum absolute atomic E-state index is 13.6. The predicted molar refractivity (Wildman–Crippen MR) is 164 cm³/mol. The van der Waals surface area contributed by atoms with E-state index in [9.17, 15) is 13.2 Å². The van der Waals surface area contributed by atoms with E-state index in [1.165, 1.54) is 26.4 Å². The minimum Gasteiger partial charge on any atom is -0.495 e. The normalized spacial score (nSPS) is 15.7. The van der Waals surface area contributed by atoms with Crippen molar-refractivity contribution in [1.29, 1.82) is 0 Å². The molecule has 0 aliphatic carbocycles. The van der Waals surface area contributed by atoms with Gasteiger partial charge in [-0.3, -0.25) is 9.52 Å². The van der Waals surface area contributed by atoms with Crippen LogP contribution in [0.2, 0.25) is 5.02 Å². The molecule has 0 spiro atoms. The highest BCUT2D eigenvalue weighted by Crippen LogP contribution is 2.37. The van der Waals surface area contributed by atoms with Crippen molar-refractivity contribution in [3.05, 3.63) is 88.9 Å². The highest BCUT2D eigenvalue weighted by atomic mass is 35.5. The Morgan fingerprint density at radius 1 is 0.907 bits per heavy atom. The van der Waals surface area contributed by atoms with Crippen LogP contribution in [0.5, 0.6) is 11.5 Å². The van der Waals surface area contributed by atoms with Gasteiger partial charge in [0, 0.05) is 18.7 Å². The van der Waals surface area contributed by atoms with Crippen LogP contribution in [-0.4, -0.2) is 64.8 Å². The third kappa shape index (κ3) is 9.32. The molecule has 12 heteroatoms. The first-order chi connectivity index (χ1) is 20.8. The first kappa shape index (κ1) is 32.6. The van der Waals surface area contributed by atoms with E-state index in [1.54, 1.807) is 0 Å². The average molecular weight is 633 g/mol. The van der Waals surface area contributed by atoms with Gasteiger partial charge in [0.25, 0.3) is 0 Å². The molecule has 1 heterocycles. The lowest BCUT2D eigenvalue weighted by Gasteiger charge is -2.34. The highest BCUT2D eigenvalue weighted by Gasteiger charge is 2.39. The molecule has 0 aromatic heterocycles. The van der Waals surface area contributed by atoms with E-state index in [0.717, 1.165) is 15.4 Å². The van der Waals surface area contributed by atoms with E-state index in [0.29, 0.717) is 32.5 Å². The van der Waals surface area contributed by atoms with E-state index < -0.39 is 28.3 Å². The topological polar surface area (TPSA) is 113 Å². The standard InChI is InChI=1S/C31H37ClN2O8S/c1-38-29-18-27(30(39-2)17-26(29)32)33-43(36,37)34-16-10-9-15-28(34)31(35)42-25(21-40-19-23-11-5-3-6-12-23)22-41-20-24-13-7-4-8-14-24/h3-8,11-14,17-18,25,28,33H,9-10,15-16,19-22H2,1-2H3/t28-/m0/s1. The van der Waals surface area contributed by atoms with Gasteiger partial charge in [-0.05, 0) is 30.4 Å². The molecular weight excluding hydrogens is 596 g/mol. The van der Waals surface area contributed by atoms with Crippen LogP contribution < -0.4 is 14.2 Å². The van der Waals surface area contributed by atoms with Crippen molar-refractivity contribution < 1.29 is 36.9 Å². The summed E-state index contributed by atoms with van der Waals surface area (Å²) in [7, 11) is -1.38. The molecule has 1 aliphatic rings. The van der Waals surface area contributed by atoms with Gasteiger partial charge < -0.3 is 23.7 Å². The fourth-order valence-corrected chi connectivity index (χ4v) is 6.37. The summed E-state index contributed by atoms with van der Waals surface area (Å²) in [6, 6.07) is 21.1. The largest absolute Gasteiger partial charge is 0.495 e. The smallest absolute Gasteiger partial charge is 0.324 e. The second kappa shape index (κ2) is 15.9. The lowest BCUT2D eigenvalue weighted by molar-refractivity contribution is -0.162. The lowest BCUT2D eigenvalue weighted by atomic mass is 10.1. The molecule has 1 aliphatic heterocycles. The van der Waals surface area contributed by atoms with Crippen LogP contribution in [0.25, 0.3) is 0 Å². The second-order valence-electron chi connectivity index (χ2n) is 9.98. The number of anilines is 1. The van der Waals surface area contributed by atoms with E-state index in [4.69, 9.17) is 35.3 Å². The Hall–Kier alpha value is -3.35. The number of nitrogens with one attached hydrogen (secondary N) is 1. The Labute approximate surface area is 258 Å². The molecule has 232 valence electrons. The number of ether oxygens (including phenoxy) is 5. The zero-order chi connectivity index (χ0) is 30.7. The van der Waals surface area contributed by atoms with E-state index >= 15 is 0 Å². The zero-order valence-corrected chi connectivity index (χ0v) is 25.8. The monoisotopic (exact) mass is 632 g/mol. The number of benzene rings is 3. The number of hydrogen-bond acceptors (Lipinski definition) is 8. The first-order valence-corrected chi connectivity index (χ1v) is 15.8. The maximum Gasteiger partial charge on any atom is 0.324 e. The third-order valence-electron chi connectivity index (χ3n) is 6.86. The molecule has 0 unspecified atom stereocenters. The summed E-state index contributed by atoms with van der Waals surface area (Å²) >= 11 is 6.18. The zero-order valence-electron chi connectivity index (χ0n) is 24.2. The van der Waals surface area contributed by atoms with Crippen LogP contribution in [0.3, 0.4) is 0 Å². The summed E-state index contributed by atoms with van der Waals surface area (Å²) < 4.78 is 59.0. The van der Waals surface area contributed by atoms with Crippen LogP contribution in [0.1, 0.15) is 30.4 Å². The van der Waals surface area contributed by atoms with Crippen LogP contribution in [0.4, 0.5) is 5.69 Å². The second-order valence-corrected chi connectivity index (χ2v) is 12.0. The molecule has 3 aromatic carbocycles. The average Bonchev–Trinajstić information content (AvgIpc) is 3.02. The van der Waals surface area contributed by atoms with Crippen LogP contribution in [-0.2, 0) is 42.4 Å².